The molecule has 106 valence electrons. The van der Waals surface area contributed by atoms with Gasteiger partial charge in [-0.1, -0.05) is 31.9 Å². The summed E-state index contributed by atoms with van der Waals surface area (Å²) in [6.07, 6.45) is 0.0756. The van der Waals surface area contributed by atoms with Crippen molar-refractivity contribution in [2.75, 3.05) is 0 Å². The maximum atomic E-state index is 14.0. The van der Waals surface area contributed by atoms with Crippen LogP contribution >= 0.6 is 47.8 Å². The maximum absolute atomic E-state index is 14.0. The van der Waals surface area contributed by atoms with E-state index in [-0.39, 0.29) is 16.5 Å². The Balaban J connectivity index is 2.35. The van der Waals surface area contributed by atoms with Crippen molar-refractivity contribution in [1.82, 2.24) is 0 Å². The first-order valence-electron chi connectivity index (χ1n) is 5.73. The van der Waals surface area contributed by atoms with Crippen LogP contribution in [0.15, 0.2) is 43.7 Å². The van der Waals surface area contributed by atoms with Crippen molar-refractivity contribution in [3.63, 3.8) is 0 Å². The summed E-state index contributed by atoms with van der Waals surface area (Å²) in [7, 11) is 0. The summed E-state index contributed by atoms with van der Waals surface area (Å²) in [6.45, 7) is 0. The minimum atomic E-state index is -0.605. The van der Waals surface area contributed by atoms with Gasteiger partial charge in [0.1, 0.15) is 11.6 Å². The molecule has 0 aliphatic rings. The highest BCUT2D eigenvalue weighted by Gasteiger charge is 2.18. The van der Waals surface area contributed by atoms with Gasteiger partial charge in [-0.25, -0.2) is 8.78 Å². The van der Waals surface area contributed by atoms with E-state index >= 15 is 0 Å². The molecule has 6 heteroatoms. The SMILES string of the molecule is NC(Cc1c(F)ccc(Br)c1F)c1cc(Br)ccc1Br. The normalized spacial score (nSPS) is 12.5. The summed E-state index contributed by atoms with van der Waals surface area (Å²) in [4.78, 5) is 0. The van der Waals surface area contributed by atoms with Crippen LogP contribution in [0.1, 0.15) is 17.2 Å². The quantitative estimate of drug-likeness (QED) is 0.591. The van der Waals surface area contributed by atoms with Crippen molar-refractivity contribution >= 4 is 47.8 Å². The number of benzene rings is 2. The molecular formula is C14H10Br3F2N. The predicted molar refractivity (Wildman–Crippen MR) is 86.5 cm³/mol. The van der Waals surface area contributed by atoms with Gasteiger partial charge in [0.05, 0.1) is 4.47 Å². The number of hydrogen-bond donors (Lipinski definition) is 1. The molecule has 2 aromatic carbocycles. The van der Waals surface area contributed by atoms with Crippen LogP contribution in [-0.2, 0) is 6.42 Å². The second kappa shape index (κ2) is 6.64. The van der Waals surface area contributed by atoms with E-state index in [0.717, 1.165) is 14.5 Å². The Labute approximate surface area is 140 Å². The Kier molecular flexibility index (Phi) is 5.34. The van der Waals surface area contributed by atoms with Crippen LogP contribution in [0.4, 0.5) is 8.78 Å². The molecule has 0 saturated heterocycles. The Hall–Kier alpha value is -0.300. The van der Waals surface area contributed by atoms with Gasteiger partial charge in [0.2, 0.25) is 0 Å². The van der Waals surface area contributed by atoms with Crippen molar-refractivity contribution in [2.45, 2.75) is 12.5 Å². The van der Waals surface area contributed by atoms with Crippen molar-refractivity contribution in [3.8, 4) is 0 Å². The van der Waals surface area contributed by atoms with Crippen LogP contribution in [0.5, 0.6) is 0 Å². The molecule has 20 heavy (non-hydrogen) atoms. The zero-order valence-electron chi connectivity index (χ0n) is 10.1. The summed E-state index contributed by atoms with van der Waals surface area (Å²) in [5, 5.41) is 0. The van der Waals surface area contributed by atoms with Gasteiger partial charge in [-0.2, -0.15) is 0 Å². The molecule has 0 radical (unpaired) electrons. The van der Waals surface area contributed by atoms with E-state index in [4.69, 9.17) is 5.73 Å². The van der Waals surface area contributed by atoms with Gasteiger partial charge in [-0.3, -0.25) is 0 Å². The standard InChI is InChI=1S/C14H10Br3F2N/c15-7-1-2-10(16)8(5-7)13(20)6-9-12(18)4-3-11(17)14(9)19/h1-5,13H,6,20H2. The Morgan fingerprint density at radius 1 is 1.00 bits per heavy atom. The van der Waals surface area contributed by atoms with E-state index in [2.05, 4.69) is 47.8 Å². The maximum Gasteiger partial charge on any atom is 0.143 e. The molecule has 0 aliphatic heterocycles. The first-order chi connectivity index (χ1) is 9.40. The van der Waals surface area contributed by atoms with Crippen molar-refractivity contribution < 1.29 is 8.78 Å². The molecule has 2 aromatic rings. The highest BCUT2D eigenvalue weighted by Crippen LogP contribution is 2.30. The first-order valence-corrected chi connectivity index (χ1v) is 8.11. The highest BCUT2D eigenvalue weighted by atomic mass is 79.9. The fourth-order valence-electron chi connectivity index (χ4n) is 1.88. The lowest BCUT2D eigenvalue weighted by molar-refractivity contribution is 0.535. The molecular weight excluding hydrogens is 460 g/mol. The number of nitrogens with two attached hydrogens (primary N) is 1. The van der Waals surface area contributed by atoms with Gasteiger partial charge in [0.15, 0.2) is 0 Å². The molecule has 0 saturated carbocycles. The van der Waals surface area contributed by atoms with Gasteiger partial charge >= 0.3 is 0 Å². The van der Waals surface area contributed by atoms with Crippen LogP contribution in [-0.4, -0.2) is 0 Å². The fourth-order valence-corrected chi connectivity index (χ4v) is 3.18. The molecule has 0 aromatic heterocycles. The third kappa shape index (κ3) is 3.47. The second-order valence-corrected chi connectivity index (χ2v) is 6.92. The van der Waals surface area contributed by atoms with E-state index in [1.54, 1.807) is 0 Å². The Morgan fingerprint density at radius 2 is 1.65 bits per heavy atom. The summed E-state index contributed by atoms with van der Waals surface area (Å²) in [5.74, 6) is -1.20. The zero-order valence-corrected chi connectivity index (χ0v) is 14.9. The molecule has 0 spiro atoms. The zero-order chi connectivity index (χ0) is 14.9. The lowest BCUT2D eigenvalue weighted by Crippen LogP contribution is -2.16. The van der Waals surface area contributed by atoms with Gasteiger partial charge in [-0.05, 0) is 58.2 Å². The third-order valence-electron chi connectivity index (χ3n) is 2.92. The van der Waals surface area contributed by atoms with Crippen LogP contribution in [0.2, 0.25) is 0 Å². The number of halogens is 5. The Bertz CT molecular complexity index is 647. The van der Waals surface area contributed by atoms with Crippen LogP contribution in [0.25, 0.3) is 0 Å². The minimum Gasteiger partial charge on any atom is -0.324 e. The molecule has 0 heterocycles. The van der Waals surface area contributed by atoms with Crippen molar-refractivity contribution in [1.29, 1.82) is 0 Å². The molecule has 1 atom stereocenters. The molecule has 0 fully saturated rings. The van der Waals surface area contributed by atoms with Crippen LogP contribution in [0.3, 0.4) is 0 Å². The highest BCUT2D eigenvalue weighted by molar-refractivity contribution is 9.11. The van der Waals surface area contributed by atoms with Crippen LogP contribution in [0, 0.1) is 11.6 Å². The second-order valence-electron chi connectivity index (χ2n) is 4.30. The topological polar surface area (TPSA) is 26.0 Å². The molecule has 1 nitrogen and oxygen atoms in total. The van der Waals surface area contributed by atoms with Crippen molar-refractivity contribution in [2.24, 2.45) is 5.73 Å². The predicted octanol–water partition coefficient (Wildman–Crippen LogP) is 5.49. The molecule has 0 amide bonds. The third-order valence-corrected chi connectivity index (χ3v) is 4.75. The van der Waals surface area contributed by atoms with Crippen molar-refractivity contribution in [3.05, 3.63) is 66.5 Å². The molecule has 2 N–H and O–H groups in total. The first kappa shape index (κ1) is 16.1. The summed E-state index contributed by atoms with van der Waals surface area (Å²) < 4.78 is 29.6. The lowest BCUT2D eigenvalue weighted by Gasteiger charge is -2.16. The van der Waals surface area contributed by atoms with Gasteiger partial charge in [-0.15, -0.1) is 0 Å². The van der Waals surface area contributed by atoms with Gasteiger partial charge in [0.25, 0.3) is 0 Å². The summed E-state index contributed by atoms with van der Waals surface area (Å²) in [5.41, 5.74) is 6.86. The van der Waals surface area contributed by atoms with Crippen LogP contribution < -0.4 is 5.73 Å². The van der Waals surface area contributed by atoms with Gasteiger partial charge in [0, 0.05) is 20.6 Å². The molecule has 1 unspecified atom stereocenters. The average molecular weight is 470 g/mol. The largest absolute Gasteiger partial charge is 0.324 e. The van der Waals surface area contributed by atoms with E-state index in [9.17, 15) is 8.78 Å². The molecule has 0 bridgehead atoms. The van der Waals surface area contributed by atoms with Gasteiger partial charge < -0.3 is 5.73 Å². The fraction of sp³-hybridized carbons (Fsp3) is 0.143. The smallest absolute Gasteiger partial charge is 0.143 e. The Morgan fingerprint density at radius 3 is 2.35 bits per heavy atom. The summed E-state index contributed by atoms with van der Waals surface area (Å²) >= 11 is 9.81. The average Bonchev–Trinajstić information content (AvgIpc) is 2.41. The number of rotatable bonds is 3. The minimum absolute atomic E-state index is 0.0150. The van der Waals surface area contributed by atoms with E-state index < -0.39 is 17.7 Å². The van der Waals surface area contributed by atoms with E-state index in [0.29, 0.717) is 0 Å². The monoisotopic (exact) mass is 467 g/mol. The van der Waals surface area contributed by atoms with E-state index in [1.165, 1.54) is 12.1 Å². The summed E-state index contributed by atoms with van der Waals surface area (Å²) in [6, 6.07) is 7.59. The number of hydrogen-bond acceptors (Lipinski definition) is 1. The molecule has 2 rings (SSSR count). The van der Waals surface area contributed by atoms with E-state index in [1.807, 2.05) is 18.2 Å². The molecule has 0 aliphatic carbocycles. The lowest BCUT2D eigenvalue weighted by atomic mass is 9.99.